The molecule has 1 aromatic carbocycles. The van der Waals surface area contributed by atoms with Gasteiger partial charge in [0.2, 0.25) is 0 Å². The number of furan rings is 1. The molecule has 1 aliphatic carbocycles. The first kappa shape index (κ1) is 18.2. The lowest BCUT2D eigenvalue weighted by Crippen LogP contribution is -2.93. The molecule has 3 rings (SSSR count). The number of carbonyl (C=O) groups is 1. The highest BCUT2D eigenvalue weighted by molar-refractivity contribution is 5.81. The normalized spacial score (nSPS) is 18.5. The van der Waals surface area contributed by atoms with Crippen molar-refractivity contribution in [3.05, 3.63) is 60.1 Å². The Balaban J connectivity index is 1.72. The molecule has 0 saturated heterocycles. The molecule has 1 saturated carbocycles. The van der Waals surface area contributed by atoms with Gasteiger partial charge in [-0.3, -0.25) is 4.79 Å². The molecule has 0 radical (unpaired) electrons. The third-order valence-corrected chi connectivity index (χ3v) is 5.19. The van der Waals surface area contributed by atoms with Crippen LogP contribution >= 0.6 is 0 Å². The van der Waals surface area contributed by atoms with Gasteiger partial charge in [-0.2, -0.15) is 5.26 Å². The van der Waals surface area contributed by atoms with Gasteiger partial charge in [-0.15, -0.1) is 0 Å². The molecule has 1 heterocycles. The Labute approximate surface area is 154 Å². The number of quaternary nitrogens is 1. The number of hydrogen-bond acceptors (Lipinski definition) is 3. The first-order valence-corrected chi connectivity index (χ1v) is 9.30. The minimum absolute atomic E-state index is 0.0964. The molecular weight excluding hydrogens is 326 g/mol. The monoisotopic (exact) mass is 352 g/mol. The maximum absolute atomic E-state index is 12.8. The lowest BCUT2D eigenvalue weighted by Gasteiger charge is -2.32. The standard InChI is InChI=1S/C21H25N3O2/c1-16(20(25)24-21(15-22)12-6-3-7-13-21)23-19(18-11-8-14-26-18)17-9-4-2-5-10-17/h2,4-5,8-11,14,16,19,23H,3,6-7,12-13H2,1H3,(H,24,25)/p+1/t16-,19-/m1/s1. The summed E-state index contributed by atoms with van der Waals surface area (Å²) in [5, 5.41) is 14.6. The van der Waals surface area contributed by atoms with Crippen LogP contribution in [-0.2, 0) is 4.79 Å². The smallest absolute Gasteiger partial charge is 0.279 e. The number of benzene rings is 1. The Kier molecular flexibility index (Phi) is 5.75. The summed E-state index contributed by atoms with van der Waals surface area (Å²) in [6, 6.07) is 15.7. The Bertz CT molecular complexity index is 743. The van der Waals surface area contributed by atoms with Crippen LogP contribution < -0.4 is 10.6 Å². The zero-order valence-electron chi connectivity index (χ0n) is 15.2. The van der Waals surface area contributed by atoms with Gasteiger partial charge in [0.1, 0.15) is 5.54 Å². The third kappa shape index (κ3) is 4.14. The molecule has 0 bridgehead atoms. The Hall–Kier alpha value is -2.58. The highest BCUT2D eigenvalue weighted by atomic mass is 16.3. The van der Waals surface area contributed by atoms with Gasteiger partial charge in [0.15, 0.2) is 17.8 Å². The van der Waals surface area contributed by atoms with E-state index in [2.05, 4.69) is 11.4 Å². The fourth-order valence-corrected chi connectivity index (χ4v) is 3.64. The third-order valence-electron chi connectivity index (χ3n) is 5.19. The predicted octanol–water partition coefficient (Wildman–Crippen LogP) is 2.66. The predicted molar refractivity (Wildman–Crippen MR) is 98.0 cm³/mol. The SMILES string of the molecule is C[C@@H]([NH2+][C@H](c1ccccc1)c1ccco1)C(=O)NC1(C#N)CCCCC1. The first-order chi connectivity index (χ1) is 12.6. The first-order valence-electron chi connectivity index (χ1n) is 9.30. The summed E-state index contributed by atoms with van der Waals surface area (Å²) in [4.78, 5) is 12.8. The molecule has 1 aliphatic rings. The molecule has 2 aromatic rings. The Morgan fingerprint density at radius 3 is 2.54 bits per heavy atom. The van der Waals surface area contributed by atoms with Gasteiger partial charge in [-0.1, -0.05) is 49.6 Å². The lowest BCUT2D eigenvalue weighted by molar-refractivity contribution is -0.706. The number of nitrogens with zero attached hydrogens (tertiary/aromatic N) is 1. The molecule has 5 nitrogen and oxygen atoms in total. The summed E-state index contributed by atoms with van der Waals surface area (Å²) in [5.41, 5.74) is 0.374. The van der Waals surface area contributed by atoms with E-state index in [1.54, 1.807) is 6.26 Å². The van der Waals surface area contributed by atoms with Gasteiger partial charge in [0.25, 0.3) is 5.91 Å². The number of nitriles is 1. The van der Waals surface area contributed by atoms with Gasteiger partial charge in [0.05, 0.1) is 12.3 Å². The number of amides is 1. The molecule has 3 N–H and O–H groups in total. The number of hydrogen-bond donors (Lipinski definition) is 2. The second-order valence-corrected chi connectivity index (χ2v) is 7.13. The van der Waals surface area contributed by atoms with E-state index in [1.165, 1.54) is 0 Å². The fourth-order valence-electron chi connectivity index (χ4n) is 3.64. The zero-order chi connectivity index (χ0) is 18.4. The molecule has 0 unspecified atom stereocenters. The van der Waals surface area contributed by atoms with Gasteiger partial charge in [0, 0.05) is 5.56 Å². The largest absolute Gasteiger partial charge is 0.463 e. The fraction of sp³-hybridized carbons (Fsp3) is 0.429. The summed E-state index contributed by atoms with van der Waals surface area (Å²) < 4.78 is 5.61. The summed E-state index contributed by atoms with van der Waals surface area (Å²) in [5.74, 6) is 0.712. The molecule has 136 valence electrons. The molecule has 2 atom stereocenters. The van der Waals surface area contributed by atoms with E-state index >= 15 is 0 Å². The quantitative estimate of drug-likeness (QED) is 0.838. The number of carbonyl (C=O) groups excluding carboxylic acids is 1. The zero-order valence-corrected chi connectivity index (χ0v) is 15.2. The van der Waals surface area contributed by atoms with E-state index in [0.29, 0.717) is 0 Å². The maximum atomic E-state index is 12.8. The van der Waals surface area contributed by atoms with E-state index in [-0.39, 0.29) is 18.0 Å². The van der Waals surface area contributed by atoms with Crippen molar-refractivity contribution in [3.63, 3.8) is 0 Å². The molecule has 0 spiro atoms. The number of rotatable bonds is 6. The average Bonchev–Trinajstić information content (AvgIpc) is 3.21. The van der Waals surface area contributed by atoms with E-state index in [0.717, 1.165) is 43.4 Å². The molecule has 26 heavy (non-hydrogen) atoms. The van der Waals surface area contributed by atoms with Crippen LogP contribution in [0, 0.1) is 11.3 Å². The van der Waals surface area contributed by atoms with Crippen molar-refractivity contribution >= 4 is 5.91 Å². The van der Waals surface area contributed by atoms with Crippen LogP contribution in [0.3, 0.4) is 0 Å². The van der Waals surface area contributed by atoms with Gasteiger partial charge >= 0.3 is 0 Å². The summed E-state index contributed by atoms with van der Waals surface area (Å²) in [7, 11) is 0. The lowest BCUT2D eigenvalue weighted by atomic mass is 9.82. The van der Waals surface area contributed by atoms with Crippen molar-refractivity contribution in [3.8, 4) is 6.07 Å². The van der Waals surface area contributed by atoms with Crippen LogP contribution in [0.25, 0.3) is 0 Å². The topological polar surface area (TPSA) is 82.6 Å². The molecular formula is C21H26N3O2+. The molecule has 1 fully saturated rings. The van der Waals surface area contributed by atoms with Crippen LogP contribution in [0.15, 0.2) is 53.1 Å². The van der Waals surface area contributed by atoms with E-state index < -0.39 is 5.54 Å². The van der Waals surface area contributed by atoms with Crippen LogP contribution in [0.1, 0.15) is 56.4 Å². The van der Waals surface area contributed by atoms with Crippen LogP contribution in [0.4, 0.5) is 0 Å². The average molecular weight is 352 g/mol. The van der Waals surface area contributed by atoms with Crippen molar-refractivity contribution in [2.75, 3.05) is 0 Å². The molecule has 5 heteroatoms. The Morgan fingerprint density at radius 2 is 1.92 bits per heavy atom. The minimum Gasteiger partial charge on any atom is -0.463 e. The number of nitrogens with one attached hydrogen (secondary N) is 1. The van der Waals surface area contributed by atoms with Crippen LogP contribution in [0.2, 0.25) is 0 Å². The highest BCUT2D eigenvalue weighted by Gasteiger charge is 2.36. The van der Waals surface area contributed by atoms with Crippen LogP contribution in [0.5, 0.6) is 0 Å². The summed E-state index contributed by atoms with van der Waals surface area (Å²) in [6.45, 7) is 1.88. The van der Waals surface area contributed by atoms with Gasteiger partial charge in [-0.05, 0) is 31.9 Å². The van der Waals surface area contributed by atoms with E-state index in [4.69, 9.17) is 4.42 Å². The van der Waals surface area contributed by atoms with Crippen molar-refractivity contribution in [2.45, 2.75) is 56.7 Å². The number of nitrogens with two attached hydrogens (primary N) is 1. The van der Waals surface area contributed by atoms with Crippen LogP contribution in [-0.4, -0.2) is 17.5 Å². The van der Waals surface area contributed by atoms with Gasteiger partial charge in [-0.25, -0.2) is 0 Å². The second kappa shape index (κ2) is 8.20. The van der Waals surface area contributed by atoms with Crippen molar-refractivity contribution in [2.24, 2.45) is 0 Å². The van der Waals surface area contributed by atoms with Crippen molar-refractivity contribution in [1.82, 2.24) is 5.32 Å². The maximum Gasteiger partial charge on any atom is 0.279 e. The van der Waals surface area contributed by atoms with E-state index in [1.807, 2.05) is 54.7 Å². The summed E-state index contributed by atoms with van der Waals surface area (Å²) in [6.07, 6.45) is 6.24. The molecule has 1 amide bonds. The van der Waals surface area contributed by atoms with E-state index in [9.17, 15) is 10.1 Å². The van der Waals surface area contributed by atoms with Crippen molar-refractivity contribution < 1.29 is 14.5 Å². The second-order valence-electron chi connectivity index (χ2n) is 7.13. The highest BCUT2D eigenvalue weighted by Crippen LogP contribution is 2.27. The molecule has 0 aliphatic heterocycles. The Morgan fingerprint density at radius 1 is 1.19 bits per heavy atom. The van der Waals surface area contributed by atoms with Crippen molar-refractivity contribution in [1.29, 1.82) is 5.26 Å². The minimum atomic E-state index is -0.704. The molecule has 1 aromatic heterocycles. The van der Waals surface area contributed by atoms with Gasteiger partial charge < -0.3 is 15.1 Å². The summed E-state index contributed by atoms with van der Waals surface area (Å²) >= 11 is 0.